The van der Waals surface area contributed by atoms with Crippen LogP contribution in [0.25, 0.3) is 0 Å². The molecule has 4 nitrogen and oxygen atoms in total. The Bertz CT molecular complexity index is 346. The zero-order chi connectivity index (χ0) is 12.1. The molecule has 1 aromatic rings. The van der Waals surface area contributed by atoms with Gasteiger partial charge in [0.05, 0.1) is 13.7 Å². The summed E-state index contributed by atoms with van der Waals surface area (Å²) in [5.41, 5.74) is -0.0106. The Balaban J connectivity index is 1.67. The Kier molecular flexibility index (Phi) is 3.86. The van der Waals surface area contributed by atoms with Gasteiger partial charge in [0.15, 0.2) is 0 Å². The van der Waals surface area contributed by atoms with Gasteiger partial charge in [0.1, 0.15) is 18.1 Å². The lowest BCUT2D eigenvalue weighted by Crippen LogP contribution is -2.37. The van der Waals surface area contributed by atoms with E-state index in [0.29, 0.717) is 6.61 Å². The number of methoxy groups -OCH3 is 1. The summed E-state index contributed by atoms with van der Waals surface area (Å²) in [5, 5.41) is 12.4. The molecule has 0 atom stereocenters. The maximum Gasteiger partial charge on any atom is 0.119 e. The molecule has 0 aliphatic heterocycles. The largest absolute Gasteiger partial charge is 0.497 e. The summed E-state index contributed by atoms with van der Waals surface area (Å²) in [6.07, 6.45) is 2.12. The van der Waals surface area contributed by atoms with Crippen molar-refractivity contribution in [2.75, 3.05) is 26.9 Å². The summed E-state index contributed by atoms with van der Waals surface area (Å²) in [5.74, 6) is 1.66. The van der Waals surface area contributed by atoms with E-state index in [1.165, 1.54) is 0 Å². The number of ether oxygens (including phenoxy) is 2. The predicted molar refractivity (Wildman–Crippen MR) is 65.5 cm³/mol. The highest BCUT2D eigenvalue weighted by Crippen LogP contribution is 2.34. The average molecular weight is 237 g/mol. The van der Waals surface area contributed by atoms with Crippen LogP contribution >= 0.6 is 0 Å². The van der Waals surface area contributed by atoms with Crippen LogP contribution in [-0.4, -0.2) is 37.5 Å². The molecule has 2 rings (SSSR count). The highest BCUT2D eigenvalue weighted by molar-refractivity contribution is 5.31. The molecule has 0 heterocycles. The van der Waals surface area contributed by atoms with Crippen molar-refractivity contribution in [1.29, 1.82) is 0 Å². The fourth-order valence-electron chi connectivity index (χ4n) is 1.70. The van der Waals surface area contributed by atoms with Gasteiger partial charge in [-0.2, -0.15) is 0 Å². The van der Waals surface area contributed by atoms with Crippen molar-refractivity contribution in [3.05, 3.63) is 24.3 Å². The van der Waals surface area contributed by atoms with Crippen molar-refractivity contribution in [3.63, 3.8) is 0 Å². The lowest BCUT2D eigenvalue weighted by atomic mass is 10.3. The van der Waals surface area contributed by atoms with E-state index in [0.717, 1.165) is 30.9 Å². The predicted octanol–water partition coefficient (Wildman–Crippen LogP) is 1.19. The minimum Gasteiger partial charge on any atom is -0.497 e. The lowest BCUT2D eigenvalue weighted by molar-refractivity contribution is 0.219. The van der Waals surface area contributed by atoms with E-state index in [9.17, 15) is 0 Å². The second-order valence-corrected chi connectivity index (χ2v) is 4.39. The summed E-state index contributed by atoms with van der Waals surface area (Å²) in [6, 6.07) is 7.52. The monoisotopic (exact) mass is 237 g/mol. The molecule has 0 amide bonds. The van der Waals surface area contributed by atoms with Gasteiger partial charge in [0.25, 0.3) is 0 Å². The molecule has 1 aliphatic rings. The zero-order valence-corrected chi connectivity index (χ0v) is 10.1. The minimum absolute atomic E-state index is 0.0106. The van der Waals surface area contributed by atoms with Crippen molar-refractivity contribution in [2.45, 2.75) is 18.4 Å². The summed E-state index contributed by atoms with van der Waals surface area (Å²) in [4.78, 5) is 0. The maximum absolute atomic E-state index is 9.11. The van der Waals surface area contributed by atoms with Gasteiger partial charge in [-0.3, -0.25) is 0 Å². The second-order valence-electron chi connectivity index (χ2n) is 4.39. The first-order valence-corrected chi connectivity index (χ1v) is 5.91. The number of benzene rings is 1. The number of nitrogens with one attached hydrogen (secondary N) is 1. The van der Waals surface area contributed by atoms with Crippen LogP contribution < -0.4 is 14.8 Å². The number of aliphatic hydroxyl groups is 1. The lowest BCUT2D eigenvalue weighted by Gasteiger charge is -2.14. The van der Waals surface area contributed by atoms with E-state index in [4.69, 9.17) is 14.6 Å². The third-order valence-corrected chi connectivity index (χ3v) is 3.09. The van der Waals surface area contributed by atoms with Crippen LogP contribution in [0.3, 0.4) is 0 Å². The molecule has 94 valence electrons. The summed E-state index contributed by atoms with van der Waals surface area (Å²) < 4.78 is 10.6. The number of rotatable bonds is 7. The van der Waals surface area contributed by atoms with E-state index in [1.807, 2.05) is 24.3 Å². The van der Waals surface area contributed by atoms with E-state index in [-0.39, 0.29) is 12.1 Å². The van der Waals surface area contributed by atoms with Crippen molar-refractivity contribution < 1.29 is 14.6 Å². The molecule has 0 aromatic heterocycles. The quantitative estimate of drug-likeness (QED) is 0.699. The maximum atomic E-state index is 9.11. The van der Waals surface area contributed by atoms with Gasteiger partial charge in [0.2, 0.25) is 0 Å². The highest BCUT2D eigenvalue weighted by atomic mass is 16.5. The zero-order valence-electron chi connectivity index (χ0n) is 10.1. The fourth-order valence-corrected chi connectivity index (χ4v) is 1.70. The van der Waals surface area contributed by atoms with Crippen molar-refractivity contribution in [1.82, 2.24) is 5.32 Å². The standard InChI is InChI=1S/C13H19NO3/c1-16-11-2-4-12(5-3-11)17-9-8-14-13(10-15)6-7-13/h2-5,14-15H,6-10H2,1H3. The van der Waals surface area contributed by atoms with E-state index >= 15 is 0 Å². The highest BCUT2D eigenvalue weighted by Gasteiger charge is 2.41. The van der Waals surface area contributed by atoms with E-state index < -0.39 is 0 Å². The first-order chi connectivity index (χ1) is 8.28. The molecule has 2 N–H and O–H groups in total. The summed E-state index contributed by atoms with van der Waals surface area (Å²) in [6.45, 7) is 1.58. The number of aliphatic hydroxyl groups excluding tert-OH is 1. The Labute approximate surface area is 102 Å². The smallest absolute Gasteiger partial charge is 0.119 e. The molecule has 1 saturated carbocycles. The molecule has 0 saturated heterocycles. The van der Waals surface area contributed by atoms with Crippen LogP contribution in [0.5, 0.6) is 11.5 Å². The molecule has 1 aliphatic carbocycles. The number of hydrogen-bond acceptors (Lipinski definition) is 4. The van der Waals surface area contributed by atoms with E-state index in [2.05, 4.69) is 5.32 Å². The minimum atomic E-state index is -0.0106. The molecule has 0 spiro atoms. The van der Waals surface area contributed by atoms with Gasteiger partial charge in [0, 0.05) is 12.1 Å². The molecule has 0 radical (unpaired) electrons. The van der Waals surface area contributed by atoms with Crippen molar-refractivity contribution in [3.8, 4) is 11.5 Å². The molecule has 0 unspecified atom stereocenters. The summed E-state index contributed by atoms with van der Waals surface area (Å²) >= 11 is 0. The Morgan fingerprint density at radius 3 is 2.41 bits per heavy atom. The number of hydrogen-bond donors (Lipinski definition) is 2. The van der Waals surface area contributed by atoms with Gasteiger partial charge >= 0.3 is 0 Å². The first-order valence-electron chi connectivity index (χ1n) is 5.91. The SMILES string of the molecule is COc1ccc(OCCNC2(CO)CC2)cc1. The molecule has 0 bridgehead atoms. The van der Waals surface area contributed by atoms with E-state index in [1.54, 1.807) is 7.11 Å². The topological polar surface area (TPSA) is 50.7 Å². The Morgan fingerprint density at radius 1 is 1.24 bits per heavy atom. The molecule has 17 heavy (non-hydrogen) atoms. The third-order valence-electron chi connectivity index (χ3n) is 3.09. The average Bonchev–Trinajstić information content (AvgIpc) is 3.16. The van der Waals surface area contributed by atoms with Crippen LogP contribution in [0.2, 0.25) is 0 Å². The molecule has 1 aromatic carbocycles. The van der Waals surface area contributed by atoms with Crippen LogP contribution in [0.4, 0.5) is 0 Å². The molecule has 1 fully saturated rings. The normalized spacial score (nSPS) is 16.6. The van der Waals surface area contributed by atoms with Crippen LogP contribution in [0.1, 0.15) is 12.8 Å². The van der Waals surface area contributed by atoms with Gasteiger partial charge < -0.3 is 19.9 Å². The van der Waals surface area contributed by atoms with Crippen molar-refractivity contribution >= 4 is 0 Å². The van der Waals surface area contributed by atoms with Crippen LogP contribution in [-0.2, 0) is 0 Å². The first kappa shape index (κ1) is 12.2. The Morgan fingerprint density at radius 2 is 1.88 bits per heavy atom. The van der Waals surface area contributed by atoms with Gasteiger partial charge in [-0.15, -0.1) is 0 Å². The second kappa shape index (κ2) is 5.38. The molecular formula is C13H19NO3. The molecule has 4 heteroatoms. The van der Waals surface area contributed by atoms with Gasteiger partial charge in [-0.1, -0.05) is 0 Å². The van der Waals surface area contributed by atoms with Crippen molar-refractivity contribution in [2.24, 2.45) is 0 Å². The fraction of sp³-hybridized carbons (Fsp3) is 0.538. The third kappa shape index (κ3) is 3.35. The van der Waals surface area contributed by atoms with Crippen LogP contribution in [0, 0.1) is 0 Å². The molecular weight excluding hydrogens is 218 g/mol. The van der Waals surface area contributed by atoms with Gasteiger partial charge in [-0.05, 0) is 37.1 Å². The Hall–Kier alpha value is -1.26. The summed E-state index contributed by atoms with van der Waals surface area (Å²) in [7, 11) is 1.64. The van der Waals surface area contributed by atoms with Gasteiger partial charge in [-0.25, -0.2) is 0 Å². The van der Waals surface area contributed by atoms with Crippen LogP contribution in [0.15, 0.2) is 24.3 Å².